The maximum Gasteiger partial charge on any atom is 0.252 e. The summed E-state index contributed by atoms with van der Waals surface area (Å²) in [5.74, 6) is 0.495. The molecule has 15 heavy (non-hydrogen) atoms. The fourth-order valence-corrected chi connectivity index (χ4v) is 1.38. The van der Waals surface area contributed by atoms with E-state index in [0.717, 1.165) is 15.6 Å². The number of hydrogen-bond acceptors (Lipinski definition) is 2. The number of allylic oxidation sites excluding steroid dienone is 1. The van der Waals surface area contributed by atoms with Crippen molar-refractivity contribution in [1.29, 1.82) is 0 Å². The molecule has 4 heteroatoms. The van der Waals surface area contributed by atoms with Gasteiger partial charge in [0.05, 0.1) is 0 Å². The zero-order chi connectivity index (χ0) is 11.3. The van der Waals surface area contributed by atoms with E-state index in [4.69, 9.17) is 0 Å². The molecule has 0 spiro atoms. The van der Waals surface area contributed by atoms with Crippen molar-refractivity contribution < 1.29 is 4.79 Å². The number of nitrogens with zero attached hydrogens (tertiary/aromatic N) is 1. The fraction of sp³-hybridized carbons (Fsp3) is 0.273. The SMILES string of the molecule is CC/C=C(/C)C(=O)Nc1ccc(I)cn1. The lowest BCUT2D eigenvalue weighted by Crippen LogP contribution is -2.13. The largest absolute Gasteiger partial charge is 0.307 e. The molecule has 0 aromatic carbocycles. The number of pyridine rings is 1. The quantitative estimate of drug-likeness (QED) is 0.688. The van der Waals surface area contributed by atoms with Crippen LogP contribution >= 0.6 is 22.6 Å². The van der Waals surface area contributed by atoms with Crippen LogP contribution in [0, 0.1) is 3.57 Å². The highest BCUT2D eigenvalue weighted by atomic mass is 127. The van der Waals surface area contributed by atoms with Gasteiger partial charge in [-0.15, -0.1) is 0 Å². The van der Waals surface area contributed by atoms with E-state index in [9.17, 15) is 4.79 Å². The van der Waals surface area contributed by atoms with Crippen LogP contribution in [0.4, 0.5) is 5.82 Å². The van der Waals surface area contributed by atoms with Crippen molar-refractivity contribution in [3.8, 4) is 0 Å². The summed E-state index contributed by atoms with van der Waals surface area (Å²) >= 11 is 2.17. The molecule has 1 aromatic heterocycles. The molecule has 0 aliphatic carbocycles. The number of carbonyl (C=O) groups is 1. The average Bonchev–Trinajstić information content (AvgIpc) is 2.22. The van der Waals surface area contributed by atoms with Crippen LogP contribution in [0.1, 0.15) is 20.3 Å². The number of amides is 1. The molecule has 0 unspecified atom stereocenters. The van der Waals surface area contributed by atoms with Crippen molar-refractivity contribution in [2.45, 2.75) is 20.3 Å². The van der Waals surface area contributed by atoms with E-state index >= 15 is 0 Å². The third-order valence-corrected chi connectivity index (χ3v) is 2.48. The molecule has 1 rings (SSSR count). The van der Waals surface area contributed by atoms with Crippen LogP contribution in [0.5, 0.6) is 0 Å². The first kappa shape index (κ1) is 12.2. The molecule has 1 amide bonds. The highest BCUT2D eigenvalue weighted by Crippen LogP contribution is 2.08. The Bertz CT molecular complexity index is 371. The number of aromatic nitrogens is 1. The first-order chi connectivity index (χ1) is 7.13. The van der Waals surface area contributed by atoms with Gasteiger partial charge in [-0.05, 0) is 48.1 Å². The smallest absolute Gasteiger partial charge is 0.252 e. The number of rotatable bonds is 3. The topological polar surface area (TPSA) is 42.0 Å². The lowest BCUT2D eigenvalue weighted by molar-refractivity contribution is -0.112. The molecule has 0 aliphatic heterocycles. The van der Waals surface area contributed by atoms with E-state index < -0.39 is 0 Å². The summed E-state index contributed by atoms with van der Waals surface area (Å²) in [5.41, 5.74) is 0.720. The standard InChI is InChI=1S/C11H13IN2O/c1-3-4-8(2)11(15)14-10-6-5-9(12)7-13-10/h4-7H,3H2,1-2H3,(H,13,14,15)/b8-4-. The summed E-state index contributed by atoms with van der Waals surface area (Å²) in [7, 11) is 0. The number of anilines is 1. The predicted octanol–water partition coefficient (Wildman–Crippen LogP) is 2.98. The van der Waals surface area contributed by atoms with Gasteiger partial charge in [0.25, 0.3) is 5.91 Å². The van der Waals surface area contributed by atoms with Crippen LogP contribution in [0.15, 0.2) is 30.0 Å². The number of nitrogens with one attached hydrogen (secondary N) is 1. The Kier molecular flexibility index (Phi) is 4.74. The fourth-order valence-electron chi connectivity index (χ4n) is 1.06. The van der Waals surface area contributed by atoms with Gasteiger partial charge in [-0.2, -0.15) is 0 Å². The molecule has 0 saturated carbocycles. The van der Waals surface area contributed by atoms with Gasteiger partial charge in [0, 0.05) is 15.3 Å². The molecule has 80 valence electrons. The summed E-state index contributed by atoms with van der Waals surface area (Å²) in [6.45, 7) is 3.80. The van der Waals surface area contributed by atoms with Gasteiger partial charge < -0.3 is 5.32 Å². The second-order valence-corrected chi connectivity index (χ2v) is 4.36. The van der Waals surface area contributed by atoms with Gasteiger partial charge in [0.15, 0.2) is 0 Å². The van der Waals surface area contributed by atoms with Crippen molar-refractivity contribution in [2.24, 2.45) is 0 Å². The highest BCUT2D eigenvalue weighted by molar-refractivity contribution is 14.1. The van der Waals surface area contributed by atoms with Crippen LogP contribution in [0.2, 0.25) is 0 Å². The van der Waals surface area contributed by atoms with Gasteiger partial charge in [0.2, 0.25) is 0 Å². The first-order valence-corrected chi connectivity index (χ1v) is 5.81. The van der Waals surface area contributed by atoms with Crippen molar-refractivity contribution >= 4 is 34.3 Å². The van der Waals surface area contributed by atoms with Gasteiger partial charge in [-0.25, -0.2) is 4.98 Å². The Hall–Kier alpha value is -0.910. The lowest BCUT2D eigenvalue weighted by Gasteiger charge is -2.03. The summed E-state index contributed by atoms with van der Waals surface area (Å²) in [5, 5.41) is 2.73. The highest BCUT2D eigenvalue weighted by Gasteiger charge is 2.04. The Morgan fingerprint density at radius 3 is 2.87 bits per heavy atom. The third kappa shape index (κ3) is 3.99. The molecule has 3 nitrogen and oxygen atoms in total. The minimum atomic E-state index is -0.0921. The summed E-state index contributed by atoms with van der Waals surface area (Å²) in [6.07, 6.45) is 4.47. The van der Waals surface area contributed by atoms with E-state index in [-0.39, 0.29) is 5.91 Å². The lowest BCUT2D eigenvalue weighted by atomic mass is 10.2. The van der Waals surface area contributed by atoms with Crippen molar-refractivity contribution in [1.82, 2.24) is 4.98 Å². The summed E-state index contributed by atoms with van der Waals surface area (Å²) in [4.78, 5) is 15.7. The van der Waals surface area contributed by atoms with E-state index in [1.807, 2.05) is 19.1 Å². The van der Waals surface area contributed by atoms with E-state index in [0.29, 0.717) is 5.82 Å². The maximum absolute atomic E-state index is 11.6. The second-order valence-electron chi connectivity index (χ2n) is 3.11. The zero-order valence-electron chi connectivity index (χ0n) is 8.75. The van der Waals surface area contributed by atoms with Gasteiger partial charge in [0.1, 0.15) is 5.82 Å². The summed E-state index contributed by atoms with van der Waals surface area (Å²) < 4.78 is 1.05. The van der Waals surface area contributed by atoms with E-state index in [2.05, 4.69) is 32.9 Å². The number of hydrogen-bond donors (Lipinski definition) is 1. The predicted molar refractivity (Wildman–Crippen MR) is 69.6 cm³/mol. The Labute approximate surface area is 103 Å². The Morgan fingerprint density at radius 1 is 1.60 bits per heavy atom. The minimum Gasteiger partial charge on any atom is -0.307 e. The second kappa shape index (κ2) is 5.85. The Morgan fingerprint density at radius 2 is 2.33 bits per heavy atom. The molecule has 0 saturated heterocycles. The minimum absolute atomic E-state index is 0.0921. The zero-order valence-corrected chi connectivity index (χ0v) is 10.9. The first-order valence-electron chi connectivity index (χ1n) is 4.73. The summed E-state index contributed by atoms with van der Waals surface area (Å²) in [6, 6.07) is 3.70. The molecule has 1 N–H and O–H groups in total. The van der Waals surface area contributed by atoms with E-state index in [1.165, 1.54) is 0 Å². The molecule has 0 bridgehead atoms. The molecule has 1 heterocycles. The van der Waals surface area contributed by atoms with Gasteiger partial charge in [-0.3, -0.25) is 4.79 Å². The van der Waals surface area contributed by atoms with Crippen molar-refractivity contribution in [2.75, 3.05) is 5.32 Å². The van der Waals surface area contributed by atoms with Crippen molar-refractivity contribution in [3.63, 3.8) is 0 Å². The molecule has 0 fully saturated rings. The average molecular weight is 316 g/mol. The van der Waals surface area contributed by atoms with E-state index in [1.54, 1.807) is 19.2 Å². The third-order valence-electron chi connectivity index (χ3n) is 1.84. The van der Waals surface area contributed by atoms with Gasteiger partial charge >= 0.3 is 0 Å². The van der Waals surface area contributed by atoms with Gasteiger partial charge in [-0.1, -0.05) is 13.0 Å². The van der Waals surface area contributed by atoms with Crippen LogP contribution in [0.3, 0.4) is 0 Å². The van der Waals surface area contributed by atoms with Crippen LogP contribution < -0.4 is 5.32 Å². The maximum atomic E-state index is 11.6. The van der Waals surface area contributed by atoms with Crippen LogP contribution in [0.25, 0.3) is 0 Å². The Balaban J connectivity index is 2.66. The number of carbonyl (C=O) groups excluding carboxylic acids is 1. The number of halogens is 1. The normalized spacial score (nSPS) is 11.3. The monoisotopic (exact) mass is 316 g/mol. The molecule has 1 aromatic rings. The molecule has 0 atom stereocenters. The van der Waals surface area contributed by atoms with Crippen molar-refractivity contribution in [3.05, 3.63) is 33.5 Å². The molecule has 0 radical (unpaired) electrons. The molecule has 0 aliphatic rings. The molecular weight excluding hydrogens is 303 g/mol. The van der Waals surface area contributed by atoms with Crippen LogP contribution in [-0.4, -0.2) is 10.9 Å². The van der Waals surface area contributed by atoms with Crippen LogP contribution in [-0.2, 0) is 4.79 Å². The molecular formula is C11H13IN2O.